The molecule has 0 fully saturated rings. The quantitative estimate of drug-likeness (QED) is 0.744. The lowest BCUT2D eigenvalue weighted by atomic mass is 10.0. The largest absolute Gasteiger partial charge is 0.387 e. The Balaban J connectivity index is 1.89. The monoisotopic (exact) mass is 286 g/mol. The van der Waals surface area contributed by atoms with Crippen molar-refractivity contribution >= 4 is 21.4 Å². The fraction of sp³-hybridized carbons (Fsp3) is 0.176. The molecule has 0 amide bonds. The number of fused-ring (bicyclic) bond motifs is 1. The minimum atomic E-state index is -0.545. The van der Waals surface area contributed by atoms with Crippen LogP contribution in [0.15, 0.2) is 48.5 Å². The number of halogens is 1. The van der Waals surface area contributed by atoms with Crippen molar-refractivity contribution in [3.8, 4) is 0 Å². The maximum Gasteiger partial charge on any atom is 0.124 e. The van der Waals surface area contributed by atoms with Crippen LogP contribution in [0.2, 0.25) is 0 Å². The van der Waals surface area contributed by atoms with E-state index < -0.39 is 6.10 Å². The molecule has 1 unspecified atom stereocenters. The van der Waals surface area contributed by atoms with E-state index in [-0.39, 0.29) is 5.82 Å². The molecule has 102 valence electrons. The van der Waals surface area contributed by atoms with Crippen LogP contribution >= 0.6 is 11.3 Å². The van der Waals surface area contributed by atoms with Crippen LogP contribution < -0.4 is 0 Å². The van der Waals surface area contributed by atoms with Crippen molar-refractivity contribution in [2.75, 3.05) is 0 Å². The number of aliphatic hydroxyl groups excluding tert-OH is 1. The Morgan fingerprint density at radius 1 is 1.15 bits per heavy atom. The molecule has 3 rings (SSSR count). The minimum Gasteiger partial charge on any atom is -0.387 e. The molecule has 3 heteroatoms. The van der Waals surface area contributed by atoms with Gasteiger partial charge in [-0.1, -0.05) is 30.3 Å². The first-order valence-electron chi connectivity index (χ1n) is 6.55. The first-order valence-corrected chi connectivity index (χ1v) is 7.37. The minimum absolute atomic E-state index is 0.237. The maximum atomic E-state index is 13.2. The van der Waals surface area contributed by atoms with Crippen molar-refractivity contribution in [2.24, 2.45) is 0 Å². The molecule has 0 saturated heterocycles. The van der Waals surface area contributed by atoms with Crippen molar-refractivity contribution < 1.29 is 9.50 Å². The fourth-order valence-electron chi connectivity index (χ4n) is 2.34. The summed E-state index contributed by atoms with van der Waals surface area (Å²) in [6.07, 6.45) is 0.0404. The van der Waals surface area contributed by atoms with Gasteiger partial charge in [0.1, 0.15) is 5.82 Å². The normalized spacial score (nSPS) is 12.8. The van der Waals surface area contributed by atoms with Gasteiger partial charge >= 0.3 is 0 Å². The van der Waals surface area contributed by atoms with Gasteiger partial charge in [0.25, 0.3) is 0 Å². The Morgan fingerprint density at radius 3 is 2.75 bits per heavy atom. The van der Waals surface area contributed by atoms with Crippen LogP contribution in [0, 0.1) is 12.7 Å². The van der Waals surface area contributed by atoms with E-state index in [0.29, 0.717) is 6.42 Å². The molecule has 0 radical (unpaired) electrons. The molecule has 0 spiro atoms. The van der Waals surface area contributed by atoms with Crippen LogP contribution in [0.4, 0.5) is 4.39 Å². The zero-order chi connectivity index (χ0) is 14.1. The van der Waals surface area contributed by atoms with Crippen LogP contribution in [0.25, 0.3) is 10.1 Å². The second kappa shape index (κ2) is 5.35. The second-order valence-electron chi connectivity index (χ2n) is 4.98. The molecule has 1 atom stereocenters. The van der Waals surface area contributed by atoms with Crippen LogP contribution in [0.3, 0.4) is 0 Å². The lowest BCUT2D eigenvalue weighted by molar-refractivity contribution is 0.182. The molecule has 2 aromatic carbocycles. The number of hydrogen-bond donors (Lipinski definition) is 1. The van der Waals surface area contributed by atoms with E-state index in [9.17, 15) is 9.50 Å². The first-order chi connectivity index (χ1) is 9.63. The van der Waals surface area contributed by atoms with Crippen LogP contribution in [0.1, 0.15) is 22.1 Å². The van der Waals surface area contributed by atoms with Crippen molar-refractivity contribution in [2.45, 2.75) is 19.4 Å². The number of aliphatic hydroxyl groups is 1. The summed E-state index contributed by atoms with van der Waals surface area (Å²) in [4.78, 5) is 0.883. The van der Waals surface area contributed by atoms with Crippen LogP contribution in [-0.2, 0) is 6.42 Å². The van der Waals surface area contributed by atoms with Gasteiger partial charge in [-0.2, -0.15) is 0 Å². The highest BCUT2D eigenvalue weighted by Gasteiger charge is 2.13. The third-order valence-corrected chi connectivity index (χ3v) is 4.70. The summed E-state index contributed by atoms with van der Waals surface area (Å²) in [6.45, 7) is 2.04. The highest BCUT2D eigenvalue weighted by Crippen LogP contribution is 2.32. The Labute approximate surface area is 121 Å². The lowest BCUT2D eigenvalue weighted by Gasteiger charge is -2.10. The standard InChI is InChI=1S/C17H15FOS/c1-11-4-2-3-5-12(11)8-15(19)17-9-13-6-7-14(18)10-16(13)20-17/h2-7,9-10,15,19H,8H2,1H3. The predicted molar refractivity (Wildman–Crippen MR) is 81.6 cm³/mol. The molecular weight excluding hydrogens is 271 g/mol. The van der Waals surface area contributed by atoms with Crippen molar-refractivity contribution in [3.63, 3.8) is 0 Å². The zero-order valence-electron chi connectivity index (χ0n) is 11.1. The summed E-state index contributed by atoms with van der Waals surface area (Å²) < 4.78 is 14.1. The van der Waals surface area contributed by atoms with Gasteiger partial charge in [0.05, 0.1) is 6.10 Å². The molecule has 20 heavy (non-hydrogen) atoms. The highest BCUT2D eigenvalue weighted by molar-refractivity contribution is 7.19. The first kappa shape index (κ1) is 13.3. The molecule has 0 aliphatic carbocycles. The number of hydrogen-bond acceptors (Lipinski definition) is 2. The van der Waals surface area contributed by atoms with Crippen molar-refractivity contribution in [3.05, 3.63) is 70.4 Å². The fourth-order valence-corrected chi connectivity index (χ4v) is 3.41. The molecule has 0 aliphatic heterocycles. The molecule has 0 bridgehead atoms. The van der Waals surface area contributed by atoms with Gasteiger partial charge in [0.2, 0.25) is 0 Å². The summed E-state index contributed by atoms with van der Waals surface area (Å²) in [6, 6.07) is 14.7. The number of thiophene rings is 1. The number of rotatable bonds is 3. The summed E-state index contributed by atoms with van der Waals surface area (Å²) in [7, 11) is 0. The zero-order valence-corrected chi connectivity index (χ0v) is 12.0. The Bertz CT molecular complexity index is 748. The van der Waals surface area contributed by atoms with Gasteiger partial charge in [-0.3, -0.25) is 0 Å². The maximum absolute atomic E-state index is 13.2. The van der Waals surface area contributed by atoms with E-state index in [4.69, 9.17) is 0 Å². The molecule has 1 aromatic heterocycles. The number of benzene rings is 2. The summed E-state index contributed by atoms with van der Waals surface area (Å²) >= 11 is 1.45. The van der Waals surface area contributed by atoms with E-state index in [1.807, 2.05) is 37.3 Å². The van der Waals surface area contributed by atoms with Gasteiger partial charge < -0.3 is 5.11 Å². The van der Waals surface area contributed by atoms with E-state index >= 15 is 0 Å². The van der Waals surface area contributed by atoms with Gasteiger partial charge in [0.15, 0.2) is 0 Å². The van der Waals surface area contributed by atoms with E-state index in [1.165, 1.54) is 29.0 Å². The summed E-state index contributed by atoms with van der Waals surface area (Å²) in [5.41, 5.74) is 2.32. The third kappa shape index (κ3) is 2.60. The lowest BCUT2D eigenvalue weighted by Crippen LogP contribution is -2.00. The van der Waals surface area contributed by atoms with Crippen LogP contribution in [0.5, 0.6) is 0 Å². The van der Waals surface area contributed by atoms with Gasteiger partial charge in [-0.15, -0.1) is 11.3 Å². The Hall–Kier alpha value is -1.71. The SMILES string of the molecule is Cc1ccccc1CC(O)c1cc2ccc(F)cc2s1. The molecule has 1 heterocycles. The molecule has 3 aromatic rings. The Morgan fingerprint density at radius 2 is 1.95 bits per heavy atom. The van der Waals surface area contributed by atoms with Crippen LogP contribution in [-0.4, -0.2) is 5.11 Å². The van der Waals surface area contributed by atoms with Crippen molar-refractivity contribution in [1.82, 2.24) is 0 Å². The molecular formula is C17H15FOS. The topological polar surface area (TPSA) is 20.2 Å². The Kier molecular flexibility index (Phi) is 3.55. The van der Waals surface area contributed by atoms with Gasteiger partial charge in [-0.25, -0.2) is 4.39 Å². The van der Waals surface area contributed by atoms with Gasteiger partial charge in [0, 0.05) is 16.0 Å². The van der Waals surface area contributed by atoms with Gasteiger partial charge in [-0.05, 0) is 41.6 Å². The summed E-state index contributed by atoms with van der Waals surface area (Å²) in [5, 5.41) is 11.4. The smallest absolute Gasteiger partial charge is 0.124 e. The van der Waals surface area contributed by atoms with Crippen molar-refractivity contribution in [1.29, 1.82) is 0 Å². The van der Waals surface area contributed by atoms with E-state index in [2.05, 4.69) is 0 Å². The molecule has 1 nitrogen and oxygen atoms in total. The molecule has 0 saturated carbocycles. The predicted octanol–water partition coefficient (Wildman–Crippen LogP) is 4.62. The third-order valence-electron chi connectivity index (χ3n) is 3.50. The number of aryl methyl sites for hydroxylation is 1. The highest BCUT2D eigenvalue weighted by atomic mass is 32.1. The van der Waals surface area contributed by atoms with E-state index in [0.717, 1.165) is 20.5 Å². The average Bonchev–Trinajstić information content (AvgIpc) is 2.84. The molecule has 0 aliphatic rings. The average molecular weight is 286 g/mol. The summed E-state index contributed by atoms with van der Waals surface area (Å²) in [5.74, 6) is -0.237. The second-order valence-corrected chi connectivity index (χ2v) is 6.09. The van der Waals surface area contributed by atoms with E-state index in [1.54, 1.807) is 6.07 Å². The molecule has 1 N–H and O–H groups in total.